The van der Waals surface area contributed by atoms with Crippen molar-refractivity contribution in [1.29, 1.82) is 0 Å². The molecule has 1 fully saturated rings. The number of methoxy groups -OCH3 is 1. The summed E-state index contributed by atoms with van der Waals surface area (Å²) in [4.78, 5) is 14.5. The van der Waals surface area contributed by atoms with Gasteiger partial charge in [-0.15, -0.1) is 0 Å². The predicted molar refractivity (Wildman–Crippen MR) is 123 cm³/mol. The van der Waals surface area contributed by atoms with E-state index in [0.29, 0.717) is 24.6 Å². The molecule has 0 N–H and O–H groups in total. The number of piperazine rings is 1. The first-order valence-corrected chi connectivity index (χ1v) is 11.9. The summed E-state index contributed by atoms with van der Waals surface area (Å²) in [6, 6.07) is 18.3. The molecule has 7 nitrogen and oxygen atoms in total. The third kappa shape index (κ3) is 4.56. The molecule has 1 aliphatic heterocycles. The van der Waals surface area contributed by atoms with Crippen molar-refractivity contribution < 1.29 is 22.7 Å². The number of carbonyl (C=O) groups is 1. The maximum absolute atomic E-state index is 13.1. The molecule has 1 heterocycles. The number of fused-ring (bicyclic) bond motifs is 1. The highest BCUT2D eigenvalue weighted by atomic mass is 32.2. The van der Waals surface area contributed by atoms with Gasteiger partial charge in [-0.25, -0.2) is 8.42 Å². The number of aryl methyl sites for hydroxylation is 1. The van der Waals surface area contributed by atoms with Crippen LogP contribution in [0.25, 0.3) is 10.8 Å². The Hall–Kier alpha value is -3.10. The van der Waals surface area contributed by atoms with E-state index in [0.717, 1.165) is 16.3 Å². The number of hydrogen-bond acceptors (Lipinski definition) is 5. The van der Waals surface area contributed by atoms with E-state index in [1.54, 1.807) is 30.2 Å². The summed E-state index contributed by atoms with van der Waals surface area (Å²) in [6.07, 6.45) is 0. The van der Waals surface area contributed by atoms with E-state index in [9.17, 15) is 13.2 Å². The lowest BCUT2D eigenvalue weighted by Gasteiger charge is -2.34. The van der Waals surface area contributed by atoms with Gasteiger partial charge in [0.15, 0.2) is 18.1 Å². The van der Waals surface area contributed by atoms with Crippen molar-refractivity contribution in [3.05, 3.63) is 66.2 Å². The zero-order valence-electron chi connectivity index (χ0n) is 18.2. The van der Waals surface area contributed by atoms with Crippen molar-refractivity contribution in [3.63, 3.8) is 0 Å². The SMILES string of the molecule is COc1cc(C)ccc1OCC(=O)N1CCN(S(=O)(=O)c2ccc3ccccc3c2)CC1. The van der Waals surface area contributed by atoms with Gasteiger partial charge in [0.05, 0.1) is 12.0 Å². The maximum atomic E-state index is 13.1. The Morgan fingerprint density at radius 1 is 0.906 bits per heavy atom. The molecule has 1 amide bonds. The molecule has 8 heteroatoms. The highest BCUT2D eigenvalue weighted by Crippen LogP contribution is 2.28. The van der Waals surface area contributed by atoms with Gasteiger partial charge in [-0.3, -0.25) is 4.79 Å². The average molecular weight is 455 g/mol. The third-order valence-corrected chi connectivity index (χ3v) is 7.51. The largest absolute Gasteiger partial charge is 0.493 e. The summed E-state index contributed by atoms with van der Waals surface area (Å²) < 4.78 is 38.6. The van der Waals surface area contributed by atoms with Crippen LogP contribution in [0.2, 0.25) is 0 Å². The second-order valence-electron chi connectivity index (χ2n) is 7.74. The fourth-order valence-corrected chi connectivity index (χ4v) is 5.24. The molecule has 32 heavy (non-hydrogen) atoms. The predicted octanol–water partition coefficient (Wildman–Crippen LogP) is 3.07. The fraction of sp³-hybridized carbons (Fsp3) is 0.292. The maximum Gasteiger partial charge on any atom is 0.260 e. The number of nitrogens with zero attached hydrogens (tertiary/aromatic N) is 2. The van der Waals surface area contributed by atoms with Crippen LogP contribution in [-0.2, 0) is 14.8 Å². The summed E-state index contributed by atoms with van der Waals surface area (Å²) in [6.45, 7) is 2.95. The van der Waals surface area contributed by atoms with Gasteiger partial charge >= 0.3 is 0 Å². The minimum atomic E-state index is -3.62. The van der Waals surface area contributed by atoms with E-state index in [4.69, 9.17) is 9.47 Å². The lowest BCUT2D eigenvalue weighted by molar-refractivity contribution is -0.134. The molecule has 168 valence electrons. The molecular formula is C24H26N2O5S. The number of sulfonamides is 1. The van der Waals surface area contributed by atoms with Crippen molar-refractivity contribution in [3.8, 4) is 11.5 Å². The number of carbonyl (C=O) groups excluding carboxylic acids is 1. The van der Waals surface area contributed by atoms with E-state index in [1.165, 1.54) is 4.31 Å². The van der Waals surface area contributed by atoms with Gasteiger partial charge < -0.3 is 14.4 Å². The molecule has 0 unspecified atom stereocenters. The molecule has 1 saturated heterocycles. The zero-order valence-corrected chi connectivity index (χ0v) is 19.0. The van der Waals surface area contributed by atoms with Crippen LogP contribution in [0.1, 0.15) is 5.56 Å². The van der Waals surface area contributed by atoms with Crippen molar-refractivity contribution >= 4 is 26.7 Å². The second kappa shape index (κ2) is 9.18. The molecule has 3 aromatic rings. The second-order valence-corrected chi connectivity index (χ2v) is 9.67. The Balaban J connectivity index is 1.37. The van der Waals surface area contributed by atoms with Gasteiger partial charge in [-0.05, 0) is 47.5 Å². The zero-order chi connectivity index (χ0) is 22.7. The van der Waals surface area contributed by atoms with Crippen LogP contribution in [0.5, 0.6) is 11.5 Å². The van der Waals surface area contributed by atoms with Crippen LogP contribution >= 0.6 is 0 Å². The van der Waals surface area contributed by atoms with Gasteiger partial charge in [-0.1, -0.05) is 36.4 Å². The van der Waals surface area contributed by atoms with Crippen molar-refractivity contribution in [2.24, 2.45) is 0 Å². The summed E-state index contributed by atoms with van der Waals surface area (Å²) in [5, 5.41) is 1.87. The number of rotatable bonds is 6. The Morgan fingerprint density at radius 2 is 1.62 bits per heavy atom. The fourth-order valence-electron chi connectivity index (χ4n) is 3.78. The molecule has 0 spiro atoms. The van der Waals surface area contributed by atoms with Crippen LogP contribution in [0, 0.1) is 6.92 Å². The van der Waals surface area contributed by atoms with Crippen molar-refractivity contribution in [1.82, 2.24) is 9.21 Å². The quantitative estimate of drug-likeness (QED) is 0.572. The third-order valence-electron chi connectivity index (χ3n) is 5.62. The van der Waals surface area contributed by atoms with E-state index in [1.807, 2.05) is 49.4 Å². The average Bonchev–Trinajstić information content (AvgIpc) is 2.82. The Morgan fingerprint density at radius 3 is 2.34 bits per heavy atom. The molecule has 0 bridgehead atoms. The molecule has 0 radical (unpaired) electrons. The lowest BCUT2D eigenvalue weighted by atomic mass is 10.1. The molecule has 0 atom stereocenters. The van der Waals surface area contributed by atoms with Crippen LogP contribution in [0.3, 0.4) is 0 Å². The number of benzene rings is 3. The minimum absolute atomic E-state index is 0.128. The van der Waals surface area contributed by atoms with E-state index in [-0.39, 0.29) is 30.5 Å². The summed E-state index contributed by atoms with van der Waals surface area (Å²) in [5.41, 5.74) is 1.03. The van der Waals surface area contributed by atoms with E-state index < -0.39 is 10.0 Å². The standard InChI is InChI=1S/C24H26N2O5S/c1-18-7-10-22(23(15-18)30-2)31-17-24(27)25-11-13-26(14-12-25)32(28,29)21-9-8-19-5-3-4-6-20(19)16-21/h3-10,15-16H,11-14,17H2,1-2H3. The van der Waals surface area contributed by atoms with Gasteiger partial charge in [0, 0.05) is 26.2 Å². The number of hydrogen-bond donors (Lipinski definition) is 0. The smallest absolute Gasteiger partial charge is 0.260 e. The van der Waals surface area contributed by atoms with Crippen molar-refractivity contribution in [2.45, 2.75) is 11.8 Å². The molecule has 0 aromatic heterocycles. The van der Waals surface area contributed by atoms with Gasteiger partial charge in [0.25, 0.3) is 5.91 Å². The van der Waals surface area contributed by atoms with Gasteiger partial charge in [0.1, 0.15) is 0 Å². The van der Waals surface area contributed by atoms with Gasteiger partial charge in [-0.2, -0.15) is 4.31 Å². The highest BCUT2D eigenvalue weighted by molar-refractivity contribution is 7.89. The van der Waals surface area contributed by atoms with E-state index in [2.05, 4.69) is 0 Å². The van der Waals surface area contributed by atoms with Crippen LogP contribution < -0.4 is 9.47 Å². The Bertz CT molecular complexity index is 1230. The Labute approximate surface area is 188 Å². The number of amides is 1. The van der Waals surface area contributed by atoms with Crippen LogP contribution in [0.4, 0.5) is 0 Å². The van der Waals surface area contributed by atoms with Gasteiger partial charge in [0.2, 0.25) is 10.0 Å². The first-order valence-electron chi connectivity index (χ1n) is 10.4. The minimum Gasteiger partial charge on any atom is -0.493 e. The summed E-state index contributed by atoms with van der Waals surface area (Å²) in [7, 11) is -2.07. The Kier molecular flexibility index (Phi) is 6.34. The van der Waals surface area contributed by atoms with Crippen LogP contribution in [-0.4, -0.2) is 63.4 Å². The molecule has 4 rings (SSSR count). The number of ether oxygens (including phenoxy) is 2. The molecule has 0 saturated carbocycles. The molecule has 0 aliphatic carbocycles. The highest BCUT2D eigenvalue weighted by Gasteiger charge is 2.30. The monoisotopic (exact) mass is 454 g/mol. The normalized spacial score (nSPS) is 15.0. The molecular weight excluding hydrogens is 428 g/mol. The lowest BCUT2D eigenvalue weighted by Crippen LogP contribution is -2.51. The topological polar surface area (TPSA) is 76.2 Å². The molecule has 3 aromatic carbocycles. The van der Waals surface area contributed by atoms with E-state index >= 15 is 0 Å². The van der Waals surface area contributed by atoms with Crippen molar-refractivity contribution in [2.75, 3.05) is 39.9 Å². The first-order chi connectivity index (χ1) is 15.4. The molecule has 1 aliphatic rings. The van der Waals surface area contributed by atoms with Crippen LogP contribution in [0.15, 0.2) is 65.6 Å². The first kappa shape index (κ1) is 22.1. The summed E-state index contributed by atoms with van der Waals surface area (Å²) >= 11 is 0. The summed E-state index contributed by atoms with van der Waals surface area (Å²) in [5.74, 6) is 0.892.